The van der Waals surface area contributed by atoms with Crippen molar-refractivity contribution in [3.8, 4) is 11.4 Å². The number of nitrogens with zero attached hydrogens (tertiary/aromatic N) is 3. The molecular weight excluding hydrogens is 290 g/mol. The number of aromatic nitrogens is 3. The molecule has 2 heterocycles. The molecule has 23 heavy (non-hydrogen) atoms. The molecule has 0 aliphatic carbocycles. The fraction of sp³-hybridized carbons (Fsp3) is 0.278. The number of fused-ring (bicyclic) bond motifs is 1. The summed E-state index contributed by atoms with van der Waals surface area (Å²) in [4.78, 5) is 20.5. The highest BCUT2D eigenvalue weighted by Crippen LogP contribution is 2.29. The highest BCUT2D eigenvalue weighted by atomic mass is 16.4. The van der Waals surface area contributed by atoms with Crippen LogP contribution in [0.25, 0.3) is 22.3 Å². The molecule has 1 N–H and O–H groups in total. The van der Waals surface area contributed by atoms with E-state index in [9.17, 15) is 9.90 Å². The number of hydrogen-bond acceptors (Lipinski definition) is 3. The first-order valence-corrected chi connectivity index (χ1v) is 7.67. The van der Waals surface area contributed by atoms with Crippen LogP contribution >= 0.6 is 0 Å². The minimum atomic E-state index is -0.837. The second-order valence-corrected chi connectivity index (χ2v) is 6.02. The van der Waals surface area contributed by atoms with Crippen LogP contribution in [0.4, 0.5) is 0 Å². The molecule has 0 bridgehead atoms. The maximum Gasteiger partial charge on any atom is 0.326 e. The highest BCUT2D eigenvalue weighted by Gasteiger charge is 2.24. The van der Waals surface area contributed by atoms with Crippen molar-refractivity contribution in [3.63, 3.8) is 0 Å². The summed E-state index contributed by atoms with van der Waals surface area (Å²) in [6.45, 7) is 4.04. The van der Waals surface area contributed by atoms with Crippen molar-refractivity contribution in [3.05, 3.63) is 48.9 Å². The molecule has 0 saturated heterocycles. The SMILES string of the molecule is CC(C)C[C@H](C(=O)O)n1ccnc1-c1ccnc2ccccc12. The quantitative estimate of drug-likeness (QED) is 0.779. The fourth-order valence-corrected chi connectivity index (χ4v) is 2.84. The molecule has 5 nitrogen and oxygen atoms in total. The summed E-state index contributed by atoms with van der Waals surface area (Å²) in [5, 5.41) is 10.6. The molecule has 0 aliphatic rings. The van der Waals surface area contributed by atoms with E-state index in [0.717, 1.165) is 16.5 Å². The van der Waals surface area contributed by atoms with Gasteiger partial charge in [0.1, 0.15) is 11.9 Å². The molecule has 2 aromatic heterocycles. The number of aliphatic carboxylic acids is 1. The molecule has 0 saturated carbocycles. The standard InChI is InChI=1S/C18H19N3O2/c1-12(2)11-16(18(22)23)21-10-9-20-17(21)14-7-8-19-15-6-4-3-5-13(14)15/h3-10,12,16H,11H2,1-2H3,(H,22,23)/t16-/m1/s1. The van der Waals surface area contributed by atoms with Crippen LogP contribution in [0.5, 0.6) is 0 Å². The molecule has 0 unspecified atom stereocenters. The highest BCUT2D eigenvalue weighted by molar-refractivity contribution is 5.92. The number of imidazole rings is 1. The Morgan fingerprint density at radius 1 is 1.17 bits per heavy atom. The Kier molecular flexibility index (Phi) is 4.10. The summed E-state index contributed by atoms with van der Waals surface area (Å²) in [6.07, 6.45) is 5.68. The number of carbonyl (C=O) groups is 1. The lowest BCUT2D eigenvalue weighted by Gasteiger charge is -2.19. The molecule has 0 fully saturated rings. The lowest BCUT2D eigenvalue weighted by atomic mass is 10.0. The van der Waals surface area contributed by atoms with Gasteiger partial charge in [0.25, 0.3) is 0 Å². The fourth-order valence-electron chi connectivity index (χ4n) is 2.84. The molecule has 0 radical (unpaired) electrons. The topological polar surface area (TPSA) is 68.0 Å². The van der Waals surface area contributed by atoms with E-state index in [2.05, 4.69) is 9.97 Å². The Hall–Kier alpha value is -2.69. The van der Waals surface area contributed by atoms with Crippen LogP contribution in [-0.4, -0.2) is 25.6 Å². The van der Waals surface area contributed by atoms with Gasteiger partial charge in [0.2, 0.25) is 0 Å². The number of para-hydroxylation sites is 1. The minimum Gasteiger partial charge on any atom is -0.480 e. The van der Waals surface area contributed by atoms with E-state index in [4.69, 9.17) is 0 Å². The summed E-state index contributed by atoms with van der Waals surface area (Å²) < 4.78 is 1.75. The van der Waals surface area contributed by atoms with Gasteiger partial charge in [-0.15, -0.1) is 0 Å². The van der Waals surface area contributed by atoms with Crippen LogP contribution in [-0.2, 0) is 4.79 Å². The average molecular weight is 309 g/mol. The van der Waals surface area contributed by atoms with Crippen molar-refractivity contribution in [1.82, 2.24) is 14.5 Å². The van der Waals surface area contributed by atoms with E-state index in [-0.39, 0.29) is 5.92 Å². The van der Waals surface area contributed by atoms with E-state index in [1.165, 1.54) is 0 Å². The number of pyridine rings is 1. The first-order chi connectivity index (χ1) is 11.1. The van der Waals surface area contributed by atoms with Crippen LogP contribution in [0.1, 0.15) is 26.3 Å². The summed E-state index contributed by atoms with van der Waals surface area (Å²) in [6, 6.07) is 9.06. The van der Waals surface area contributed by atoms with Gasteiger partial charge in [-0.1, -0.05) is 32.0 Å². The zero-order chi connectivity index (χ0) is 16.4. The molecule has 1 aromatic carbocycles. The molecule has 0 amide bonds. The lowest BCUT2D eigenvalue weighted by molar-refractivity contribution is -0.141. The Morgan fingerprint density at radius 3 is 2.70 bits per heavy atom. The predicted octanol–water partition coefficient (Wildman–Crippen LogP) is 3.77. The molecule has 118 valence electrons. The number of carboxylic acids is 1. The number of benzene rings is 1. The van der Waals surface area contributed by atoms with Crippen molar-refractivity contribution in [2.75, 3.05) is 0 Å². The number of carboxylic acid groups (broad SMARTS) is 1. The van der Waals surface area contributed by atoms with Crippen LogP contribution in [0.2, 0.25) is 0 Å². The monoisotopic (exact) mass is 309 g/mol. The van der Waals surface area contributed by atoms with Crippen molar-refractivity contribution in [2.45, 2.75) is 26.3 Å². The van der Waals surface area contributed by atoms with Gasteiger partial charge >= 0.3 is 5.97 Å². The maximum atomic E-state index is 11.7. The van der Waals surface area contributed by atoms with Gasteiger partial charge in [-0.25, -0.2) is 9.78 Å². The van der Waals surface area contributed by atoms with E-state index in [1.54, 1.807) is 23.2 Å². The Labute approximate surface area is 134 Å². The zero-order valence-corrected chi connectivity index (χ0v) is 13.2. The first-order valence-electron chi connectivity index (χ1n) is 7.67. The Balaban J connectivity index is 2.14. The van der Waals surface area contributed by atoms with Crippen molar-refractivity contribution in [2.24, 2.45) is 5.92 Å². The second-order valence-electron chi connectivity index (χ2n) is 6.02. The van der Waals surface area contributed by atoms with Gasteiger partial charge in [0.05, 0.1) is 5.52 Å². The molecule has 1 atom stereocenters. The molecular formula is C18H19N3O2. The summed E-state index contributed by atoms with van der Waals surface area (Å²) >= 11 is 0. The van der Waals surface area contributed by atoms with Crippen molar-refractivity contribution in [1.29, 1.82) is 0 Å². The minimum absolute atomic E-state index is 0.278. The smallest absolute Gasteiger partial charge is 0.326 e. The third-order valence-electron chi connectivity index (χ3n) is 3.87. The first kappa shape index (κ1) is 15.2. The van der Waals surface area contributed by atoms with Gasteiger partial charge in [-0.2, -0.15) is 0 Å². The van der Waals surface area contributed by atoms with E-state index < -0.39 is 12.0 Å². The van der Waals surface area contributed by atoms with E-state index in [1.807, 2.05) is 44.2 Å². The number of rotatable bonds is 5. The van der Waals surface area contributed by atoms with Gasteiger partial charge in [-0.3, -0.25) is 4.98 Å². The van der Waals surface area contributed by atoms with Gasteiger partial charge in [0, 0.05) is 29.5 Å². The maximum absolute atomic E-state index is 11.7. The normalized spacial score (nSPS) is 12.7. The predicted molar refractivity (Wildman–Crippen MR) is 89.1 cm³/mol. The van der Waals surface area contributed by atoms with E-state index >= 15 is 0 Å². The molecule has 5 heteroatoms. The molecule has 3 rings (SSSR count). The summed E-state index contributed by atoms with van der Waals surface area (Å²) in [5.74, 6) is 0.105. The molecule has 0 aliphatic heterocycles. The van der Waals surface area contributed by atoms with Crippen LogP contribution in [0.15, 0.2) is 48.9 Å². The van der Waals surface area contributed by atoms with Crippen molar-refractivity contribution < 1.29 is 9.90 Å². The summed E-state index contributed by atoms with van der Waals surface area (Å²) in [5.41, 5.74) is 1.77. The van der Waals surface area contributed by atoms with Gasteiger partial charge in [-0.05, 0) is 24.5 Å². The van der Waals surface area contributed by atoms with Crippen LogP contribution in [0.3, 0.4) is 0 Å². The second kappa shape index (κ2) is 6.20. The third-order valence-corrected chi connectivity index (χ3v) is 3.87. The lowest BCUT2D eigenvalue weighted by Crippen LogP contribution is -2.21. The van der Waals surface area contributed by atoms with Gasteiger partial charge < -0.3 is 9.67 Å². The van der Waals surface area contributed by atoms with Gasteiger partial charge in [0.15, 0.2) is 0 Å². The Morgan fingerprint density at radius 2 is 1.96 bits per heavy atom. The Bertz CT molecular complexity index is 834. The molecule has 0 spiro atoms. The third kappa shape index (κ3) is 2.95. The largest absolute Gasteiger partial charge is 0.480 e. The zero-order valence-electron chi connectivity index (χ0n) is 13.2. The molecule has 3 aromatic rings. The van der Waals surface area contributed by atoms with Crippen molar-refractivity contribution >= 4 is 16.9 Å². The average Bonchev–Trinajstić information content (AvgIpc) is 3.00. The van der Waals surface area contributed by atoms with Crippen LogP contribution in [0, 0.1) is 5.92 Å². The van der Waals surface area contributed by atoms with E-state index in [0.29, 0.717) is 12.2 Å². The number of hydrogen-bond donors (Lipinski definition) is 1. The van der Waals surface area contributed by atoms with Crippen LogP contribution < -0.4 is 0 Å². The summed E-state index contributed by atoms with van der Waals surface area (Å²) in [7, 11) is 0.